The Hall–Kier alpha value is -0.850. The Labute approximate surface area is 94.5 Å². The van der Waals surface area contributed by atoms with Crippen LogP contribution in [0.1, 0.15) is 10.4 Å². The maximum atomic E-state index is 11.6. The van der Waals surface area contributed by atoms with E-state index in [1.165, 1.54) is 6.26 Å². The molecule has 0 aliphatic carbocycles. The number of carbonyl (C=O) groups excluding carboxylic acids is 1. The molecule has 2 atom stereocenters. The van der Waals surface area contributed by atoms with Gasteiger partial charge in [0.05, 0.1) is 30.9 Å². The molecule has 15 heavy (non-hydrogen) atoms. The number of nitrogens with one attached hydrogen (secondary N) is 1. The second kappa shape index (κ2) is 4.34. The van der Waals surface area contributed by atoms with Gasteiger partial charge in [-0.2, -0.15) is 0 Å². The molecule has 1 amide bonds. The molecular weight excluding hydrogens is 266 g/mol. The molecule has 1 saturated heterocycles. The molecule has 5 nitrogen and oxygen atoms in total. The molecule has 1 aliphatic rings. The lowest BCUT2D eigenvalue weighted by Crippen LogP contribution is -2.42. The van der Waals surface area contributed by atoms with Gasteiger partial charge in [0.25, 0.3) is 5.91 Å². The molecule has 6 heteroatoms. The molecular formula is C9H10BrNO4. The number of aliphatic hydroxyl groups is 1. The molecule has 0 aromatic carbocycles. The van der Waals surface area contributed by atoms with Gasteiger partial charge in [0.15, 0.2) is 4.67 Å². The lowest BCUT2D eigenvalue weighted by atomic mass is 10.2. The molecule has 82 valence electrons. The highest BCUT2D eigenvalue weighted by Crippen LogP contribution is 2.14. The van der Waals surface area contributed by atoms with Crippen LogP contribution in [0.2, 0.25) is 0 Å². The lowest BCUT2D eigenvalue weighted by molar-refractivity contribution is 0.0886. The monoisotopic (exact) mass is 275 g/mol. The summed E-state index contributed by atoms with van der Waals surface area (Å²) in [5, 5.41) is 12.1. The summed E-state index contributed by atoms with van der Waals surface area (Å²) in [4.78, 5) is 11.6. The van der Waals surface area contributed by atoms with Crippen molar-refractivity contribution in [1.82, 2.24) is 5.32 Å². The third kappa shape index (κ3) is 2.39. The maximum absolute atomic E-state index is 11.6. The first-order valence-electron chi connectivity index (χ1n) is 4.47. The Morgan fingerprint density at radius 1 is 1.60 bits per heavy atom. The van der Waals surface area contributed by atoms with Crippen LogP contribution in [-0.2, 0) is 4.74 Å². The van der Waals surface area contributed by atoms with Gasteiger partial charge in [-0.15, -0.1) is 0 Å². The van der Waals surface area contributed by atoms with Crippen LogP contribution < -0.4 is 5.32 Å². The zero-order valence-corrected chi connectivity index (χ0v) is 9.36. The van der Waals surface area contributed by atoms with E-state index in [2.05, 4.69) is 21.2 Å². The highest BCUT2D eigenvalue weighted by molar-refractivity contribution is 9.10. The molecule has 0 bridgehead atoms. The van der Waals surface area contributed by atoms with Gasteiger partial charge < -0.3 is 19.6 Å². The van der Waals surface area contributed by atoms with Crippen molar-refractivity contribution in [3.8, 4) is 0 Å². The summed E-state index contributed by atoms with van der Waals surface area (Å²) in [6.45, 7) is 0.603. The van der Waals surface area contributed by atoms with E-state index < -0.39 is 6.10 Å². The molecule has 2 heterocycles. The van der Waals surface area contributed by atoms with E-state index in [-0.39, 0.29) is 18.6 Å². The van der Waals surface area contributed by atoms with Crippen LogP contribution in [0.4, 0.5) is 0 Å². The molecule has 0 saturated carbocycles. The van der Waals surface area contributed by atoms with Gasteiger partial charge in [-0.3, -0.25) is 4.79 Å². The first-order valence-corrected chi connectivity index (χ1v) is 5.27. The zero-order chi connectivity index (χ0) is 10.8. The van der Waals surface area contributed by atoms with Crippen LogP contribution in [0.5, 0.6) is 0 Å². The Kier molecular flexibility index (Phi) is 3.08. The van der Waals surface area contributed by atoms with Crippen molar-refractivity contribution < 1.29 is 19.1 Å². The summed E-state index contributed by atoms with van der Waals surface area (Å²) in [6, 6.07) is 1.23. The van der Waals surface area contributed by atoms with Crippen LogP contribution in [-0.4, -0.2) is 36.4 Å². The van der Waals surface area contributed by atoms with E-state index in [1.807, 2.05) is 0 Å². The predicted octanol–water partition coefficient (Wildman–Crippen LogP) is 0.532. The van der Waals surface area contributed by atoms with E-state index in [4.69, 9.17) is 9.15 Å². The van der Waals surface area contributed by atoms with Crippen molar-refractivity contribution in [2.45, 2.75) is 12.1 Å². The summed E-state index contributed by atoms with van der Waals surface area (Å²) in [6.07, 6.45) is 0.714. The quantitative estimate of drug-likeness (QED) is 0.826. The van der Waals surface area contributed by atoms with Gasteiger partial charge in [-0.1, -0.05) is 0 Å². The zero-order valence-electron chi connectivity index (χ0n) is 7.77. The van der Waals surface area contributed by atoms with Gasteiger partial charge in [-0.25, -0.2) is 0 Å². The predicted molar refractivity (Wildman–Crippen MR) is 54.5 cm³/mol. The highest BCUT2D eigenvalue weighted by Gasteiger charge is 2.28. The molecule has 1 aromatic heterocycles. The van der Waals surface area contributed by atoms with Gasteiger partial charge in [-0.05, 0) is 15.9 Å². The van der Waals surface area contributed by atoms with Gasteiger partial charge in [0.1, 0.15) is 6.26 Å². The van der Waals surface area contributed by atoms with E-state index >= 15 is 0 Å². The number of halogens is 1. The number of ether oxygens (including phenoxy) is 1. The number of carbonyl (C=O) groups is 1. The lowest BCUT2D eigenvalue weighted by Gasteiger charge is -2.13. The van der Waals surface area contributed by atoms with Crippen LogP contribution in [0.25, 0.3) is 0 Å². The third-order valence-corrected chi connectivity index (χ3v) is 2.61. The van der Waals surface area contributed by atoms with E-state index in [0.29, 0.717) is 16.8 Å². The van der Waals surface area contributed by atoms with E-state index in [0.717, 1.165) is 0 Å². The largest absolute Gasteiger partial charge is 0.457 e. The number of furan rings is 1. The van der Waals surface area contributed by atoms with Crippen molar-refractivity contribution in [2.75, 3.05) is 13.2 Å². The first-order chi connectivity index (χ1) is 7.16. The number of rotatable bonds is 2. The Bertz CT molecular complexity index is 365. The SMILES string of the molecule is O=C(N[C@@H]1COC[C@H]1O)c1coc(Br)c1. The normalized spacial score (nSPS) is 25.5. The molecule has 0 unspecified atom stereocenters. The van der Waals surface area contributed by atoms with E-state index in [1.54, 1.807) is 6.07 Å². The van der Waals surface area contributed by atoms with Gasteiger partial charge >= 0.3 is 0 Å². The van der Waals surface area contributed by atoms with Crippen LogP contribution in [0, 0.1) is 0 Å². The summed E-state index contributed by atoms with van der Waals surface area (Å²) < 4.78 is 10.4. The van der Waals surface area contributed by atoms with Crippen molar-refractivity contribution in [3.05, 3.63) is 22.6 Å². The minimum Gasteiger partial charge on any atom is -0.457 e. The molecule has 1 aliphatic heterocycles. The Balaban J connectivity index is 1.97. The fraction of sp³-hybridized carbons (Fsp3) is 0.444. The molecule has 0 radical (unpaired) electrons. The van der Waals surface area contributed by atoms with Crippen LogP contribution >= 0.6 is 15.9 Å². The standard InChI is InChI=1S/C9H10BrNO4/c10-8-1-5(2-15-8)9(13)11-6-3-14-4-7(6)12/h1-2,6-7,12H,3-4H2,(H,11,13)/t6-,7-/m1/s1. The minimum absolute atomic E-state index is 0.264. The van der Waals surface area contributed by atoms with E-state index in [9.17, 15) is 9.90 Å². The smallest absolute Gasteiger partial charge is 0.254 e. The molecule has 2 N–H and O–H groups in total. The number of amides is 1. The fourth-order valence-electron chi connectivity index (χ4n) is 1.36. The van der Waals surface area contributed by atoms with Gasteiger partial charge in [0.2, 0.25) is 0 Å². The Morgan fingerprint density at radius 2 is 2.40 bits per heavy atom. The van der Waals surface area contributed by atoms with Crippen LogP contribution in [0.3, 0.4) is 0 Å². The topological polar surface area (TPSA) is 71.7 Å². The second-order valence-electron chi connectivity index (χ2n) is 3.32. The minimum atomic E-state index is -0.635. The molecule has 0 spiro atoms. The maximum Gasteiger partial charge on any atom is 0.254 e. The molecule has 2 rings (SSSR count). The number of hydrogen-bond donors (Lipinski definition) is 2. The summed E-state index contributed by atoms with van der Waals surface area (Å²) >= 11 is 3.10. The van der Waals surface area contributed by atoms with Crippen molar-refractivity contribution in [3.63, 3.8) is 0 Å². The van der Waals surface area contributed by atoms with Crippen molar-refractivity contribution in [1.29, 1.82) is 0 Å². The van der Waals surface area contributed by atoms with Crippen LogP contribution in [0.15, 0.2) is 21.4 Å². The third-order valence-electron chi connectivity index (χ3n) is 2.20. The average Bonchev–Trinajstić information content (AvgIpc) is 2.77. The van der Waals surface area contributed by atoms with Crippen molar-refractivity contribution >= 4 is 21.8 Å². The molecule has 1 fully saturated rings. The summed E-state index contributed by atoms with van der Waals surface area (Å²) in [5.74, 6) is -0.279. The molecule has 1 aromatic rings. The summed E-state index contributed by atoms with van der Waals surface area (Å²) in [5.41, 5.74) is 0.418. The van der Waals surface area contributed by atoms with Crippen molar-refractivity contribution in [2.24, 2.45) is 0 Å². The average molecular weight is 276 g/mol. The number of hydrogen-bond acceptors (Lipinski definition) is 4. The summed E-state index contributed by atoms with van der Waals surface area (Å²) in [7, 11) is 0. The highest BCUT2D eigenvalue weighted by atomic mass is 79.9. The number of aliphatic hydroxyl groups excluding tert-OH is 1. The van der Waals surface area contributed by atoms with Gasteiger partial charge in [0, 0.05) is 6.07 Å². The Morgan fingerprint density at radius 3 is 2.93 bits per heavy atom. The second-order valence-corrected chi connectivity index (χ2v) is 4.11. The first kappa shape index (κ1) is 10.7. The fourth-order valence-corrected chi connectivity index (χ4v) is 1.70.